The standard InChI is InChI=1S/C30H37N5O4/c1-33-9-11-34(12-10-33)13-14-39-23-8-7-21-18-35(19-22(21)15-23)30(38)25-16-24-26(17-27(25)36)31-32-28(24)29(37)20-5-3-2-4-6-20/h7-8,15-17,20,36H,2-6,9-14,18-19H2,1H3,(H,31,32). The van der Waals surface area contributed by atoms with E-state index < -0.39 is 0 Å². The van der Waals surface area contributed by atoms with Gasteiger partial charge >= 0.3 is 0 Å². The van der Waals surface area contributed by atoms with Gasteiger partial charge in [0, 0.05) is 63.2 Å². The van der Waals surface area contributed by atoms with Gasteiger partial charge < -0.3 is 19.6 Å². The third-order valence-electron chi connectivity index (χ3n) is 8.58. The first kappa shape index (κ1) is 25.8. The van der Waals surface area contributed by atoms with Crippen LogP contribution in [0.3, 0.4) is 0 Å². The van der Waals surface area contributed by atoms with E-state index in [9.17, 15) is 14.7 Å². The molecule has 1 aliphatic carbocycles. The highest BCUT2D eigenvalue weighted by atomic mass is 16.5. The fourth-order valence-electron chi connectivity index (χ4n) is 6.11. The van der Waals surface area contributed by atoms with Crippen LogP contribution in [0.25, 0.3) is 10.9 Å². The minimum Gasteiger partial charge on any atom is -0.507 e. The number of likely N-dealkylation sites (N-methyl/N-ethyl adjacent to an activating group) is 1. The fourth-order valence-corrected chi connectivity index (χ4v) is 6.11. The Hall–Kier alpha value is -3.43. The number of nitrogens with one attached hydrogen (secondary N) is 1. The number of ether oxygens (including phenoxy) is 1. The number of carbonyl (C=O) groups is 2. The molecule has 2 N–H and O–H groups in total. The van der Waals surface area contributed by atoms with Crippen molar-refractivity contribution in [1.82, 2.24) is 24.9 Å². The summed E-state index contributed by atoms with van der Waals surface area (Å²) in [7, 11) is 2.15. The molecular weight excluding hydrogens is 494 g/mol. The van der Waals surface area contributed by atoms with Gasteiger partial charge in [-0.3, -0.25) is 19.6 Å². The molecule has 0 unspecified atom stereocenters. The van der Waals surface area contributed by atoms with Gasteiger partial charge in [0.1, 0.15) is 23.8 Å². The summed E-state index contributed by atoms with van der Waals surface area (Å²) in [6, 6.07) is 9.14. The number of ketones is 1. The molecule has 1 aromatic heterocycles. The second-order valence-electron chi connectivity index (χ2n) is 11.3. The number of Topliss-reactive ketones (excluding diaryl/α,β-unsaturated/α-hetero) is 1. The predicted molar refractivity (Wildman–Crippen MR) is 148 cm³/mol. The number of nitrogens with zero attached hydrogens (tertiary/aromatic N) is 4. The molecule has 3 aromatic rings. The molecule has 9 nitrogen and oxygen atoms in total. The van der Waals surface area contributed by atoms with Crippen molar-refractivity contribution in [2.75, 3.05) is 46.4 Å². The average Bonchev–Trinajstić information content (AvgIpc) is 3.57. The first-order valence-corrected chi connectivity index (χ1v) is 14.2. The lowest BCUT2D eigenvalue weighted by molar-refractivity contribution is 0.0748. The van der Waals surface area contributed by atoms with Crippen LogP contribution in [-0.2, 0) is 13.1 Å². The fraction of sp³-hybridized carbons (Fsp3) is 0.500. The molecule has 0 bridgehead atoms. The normalized spacial score (nSPS) is 18.9. The van der Waals surface area contributed by atoms with Crippen molar-refractivity contribution in [2.24, 2.45) is 5.92 Å². The van der Waals surface area contributed by atoms with E-state index in [4.69, 9.17) is 4.74 Å². The van der Waals surface area contributed by atoms with Gasteiger partial charge in [0.15, 0.2) is 5.78 Å². The van der Waals surface area contributed by atoms with Crippen LogP contribution in [0.1, 0.15) is 64.1 Å². The summed E-state index contributed by atoms with van der Waals surface area (Å²) in [6.07, 6.45) is 5.04. The third-order valence-corrected chi connectivity index (χ3v) is 8.58. The smallest absolute Gasteiger partial charge is 0.258 e. The lowest BCUT2D eigenvalue weighted by Crippen LogP contribution is -2.45. The van der Waals surface area contributed by atoms with Crippen LogP contribution in [0.15, 0.2) is 30.3 Å². The number of hydrogen-bond acceptors (Lipinski definition) is 7. The van der Waals surface area contributed by atoms with Crippen LogP contribution in [-0.4, -0.2) is 88.1 Å². The van der Waals surface area contributed by atoms with Crippen molar-refractivity contribution in [3.05, 3.63) is 52.7 Å². The lowest BCUT2D eigenvalue weighted by atomic mass is 9.84. The Kier molecular flexibility index (Phi) is 7.27. The van der Waals surface area contributed by atoms with Gasteiger partial charge in [0.05, 0.1) is 11.1 Å². The van der Waals surface area contributed by atoms with Gasteiger partial charge in [-0.25, -0.2) is 0 Å². The van der Waals surface area contributed by atoms with E-state index in [-0.39, 0.29) is 28.9 Å². The summed E-state index contributed by atoms with van der Waals surface area (Å²) in [5.74, 6) is 0.436. The molecule has 2 fully saturated rings. The van der Waals surface area contributed by atoms with Crippen molar-refractivity contribution in [3.63, 3.8) is 0 Å². The van der Waals surface area contributed by atoms with Gasteiger partial charge in [-0.2, -0.15) is 5.10 Å². The predicted octanol–water partition coefficient (Wildman–Crippen LogP) is 3.81. The van der Waals surface area contributed by atoms with Gasteiger partial charge in [-0.15, -0.1) is 0 Å². The Balaban J connectivity index is 1.13. The maximum atomic E-state index is 13.6. The maximum absolute atomic E-state index is 13.6. The van der Waals surface area contributed by atoms with Crippen molar-refractivity contribution in [2.45, 2.75) is 45.2 Å². The summed E-state index contributed by atoms with van der Waals surface area (Å²) >= 11 is 0. The van der Waals surface area contributed by atoms with E-state index in [0.717, 1.165) is 75.3 Å². The van der Waals surface area contributed by atoms with Crippen molar-refractivity contribution < 1.29 is 19.4 Å². The zero-order valence-corrected chi connectivity index (χ0v) is 22.6. The molecule has 1 saturated carbocycles. The largest absolute Gasteiger partial charge is 0.507 e. The van der Waals surface area contributed by atoms with Crippen molar-refractivity contribution in [1.29, 1.82) is 0 Å². The summed E-state index contributed by atoms with van der Waals surface area (Å²) in [4.78, 5) is 33.2. The van der Waals surface area contributed by atoms with Gasteiger partial charge in [0.2, 0.25) is 0 Å². The summed E-state index contributed by atoms with van der Waals surface area (Å²) in [6.45, 7) is 6.74. The molecule has 1 amide bonds. The molecule has 0 radical (unpaired) electrons. The molecule has 39 heavy (non-hydrogen) atoms. The van der Waals surface area contributed by atoms with Crippen LogP contribution in [0.4, 0.5) is 0 Å². The monoisotopic (exact) mass is 531 g/mol. The highest BCUT2D eigenvalue weighted by Crippen LogP contribution is 2.34. The number of rotatable bonds is 7. The van der Waals surface area contributed by atoms with E-state index in [0.29, 0.717) is 36.3 Å². The topological polar surface area (TPSA) is 102 Å². The summed E-state index contributed by atoms with van der Waals surface area (Å²) < 4.78 is 6.04. The number of phenolic OH excluding ortho intramolecular Hbond substituents is 1. The van der Waals surface area contributed by atoms with E-state index in [1.54, 1.807) is 11.0 Å². The van der Waals surface area contributed by atoms with E-state index >= 15 is 0 Å². The number of H-pyrrole nitrogens is 1. The summed E-state index contributed by atoms with van der Waals surface area (Å²) in [5.41, 5.74) is 3.25. The highest BCUT2D eigenvalue weighted by molar-refractivity contribution is 6.10. The Morgan fingerprint density at radius 1 is 1.03 bits per heavy atom. The first-order valence-electron chi connectivity index (χ1n) is 14.2. The van der Waals surface area contributed by atoms with Crippen LogP contribution >= 0.6 is 0 Å². The van der Waals surface area contributed by atoms with Crippen LogP contribution < -0.4 is 4.74 Å². The number of amides is 1. The van der Waals surface area contributed by atoms with Gasteiger partial charge in [-0.05, 0) is 49.2 Å². The van der Waals surface area contributed by atoms with Crippen molar-refractivity contribution in [3.8, 4) is 11.5 Å². The quantitative estimate of drug-likeness (QED) is 0.447. The molecule has 2 aromatic carbocycles. The molecule has 2 aliphatic heterocycles. The Morgan fingerprint density at radius 2 is 1.79 bits per heavy atom. The zero-order valence-electron chi connectivity index (χ0n) is 22.6. The minimum absolute atomic E-state index is 0.0238. The second-order valence-corrected chi connectivity index (χ2v) is 11.3. The van der Waals surface area contributed by atoms with Crippen LogP contribution in [0.5, 0.6) is 11.5 Å². The van der Waals surface area contributed by atoms with Gasteiger partial charge in [0.25, 0.3) is 5.91 Å². The van der Waals surface area contributed by atoms with E-state index in [1.807, 2.05) is 18.2 Å². The molecular formula is C30H37N5O4. The molecule has 3 aliphatic rings. The van der Waals surface area contributed by atoms with E-state index in [1.165, 1.54) is 12.5 Å². The number of piperazine rings is 1. The second kappa shape index (κ2) is 11.0. The number of benzene rings is 2. The number of hydrogen-bond donors (Lipinski definition) is 2. The molecule has 9 heteroatoms. The zero-order chi connectivity index (χ0) is 26.9. The third kappa shape index (κ3) is 5.38. The minimum atomic E-state index is -0.264. The van der Waals surface area contributed by atoms with Crippen LogP contribution in [0, 0.1) is 5.92 Å². The van der Waals surface area contributed by atoms with Gasteiger partial charge in [-0.1, -0.05) is 25.3 Å². The maximum Gasteiger partial charge on any atom is 0.258 e. The highest BCUT2D eigenvalue weighted by Gasteiger charge is 2.30. The first-order chi connectivity index (χ1) is 19.0. The Labute approximate surface area is 228 Å². The number of phenols is 1. The SMILES string of the molecule is CN1CCN(CCOc2ccc3c(c2)CN(C(=O)c2cc4c(C(=O)C5CCCCC5)n[nH]c4cc2O)C3)CC1. The van der Waals surface area contributed by atoms with Crippen molar-refractivity contribution >= 4 is 22.6 Å². The molecule has 6 rings (SSSR count). The number of aromatic nitrogens is 2. The number of aromatic amines is 1. The molecule has 0 spiro atoms. The van der Waals surface area contributed by atoms with Crippen LogP contribution in [0.2, 0.25) is 0 Å². The summed E-state index contributed by atoms with van der Waals surface area (Å²) in [5, 5.41) is 18.5. The molecule has 0 atom stereocenters. The molecule has 3 heterocycles. The molecule has 1 saturated heterocycles. The lowest BCUT2D eigenvalue weighted by Gasteiger charge is -2.32. The number of aromatic hydroxyl groups is 1. The average molecular weight is 532 g/mol. The van der Waals surface area contributed by atoms with E-state index in [2.05, 4.69) is 27.0 Å². The Bertz CT molecular complexity index is 1370. The molecule has 206 valence electrons. The number of carbonyl (C=O) groups excluding carboxylic acids is 2. The Morgan fingerprint density at radius 3 is 2.59 bits per heavy atom. The number of fused-ring (bicyclic) bond motifs is 2.